The fourth-order valence-electron chi connectivity index (χ4n) is 2.49. The van der Waals surface area contributed by atoms with Crippen LogP contribution >= 0.6 is 0 Å². The summed E-state index contributed by atoms with van der Waals surface area (Å²) in [6.07, 6.45) is 1.17. The van der Waals surface area contributed by atoms with Crippen LogP contribution in [-0.4, -0.2) is 31.1 Å². The van der Waals surface area contributed by atoms with E-state index in [4.69, 9.17) is 0 Å². The Balaban J connectivity index is 2.73. The first-order valence-corrected chi connectivity index (χ1v) is 7.35. The first-order valence-electron chi connectivity index (χ1n) is 7.35. The minimum Gasteiger partial charge on any atom is -0.313 e. The SMILES string of the molecule is CCC(C)(C)N(C)CC(C)C(NC)c1ccccc1. The van der Waals surface area contributed by atoms with Crippen LogP contribution in [0.15, 0.2) is 30.3 Å². The lowest BCUT2D eigenvalue weighted by Crippen LogP contribution is -2.44. The van der Waals surface area contributed by atoms with Gasteiger partial charge in [-0.1, -0.05) is 44.2 Å². The van der Waals surface area contributed by atoms with Crippen molar-refractivity contribution in [2.45, 2.75) is 45.7 Å². The highest BCUT2D eigenvalue weighted by Gasteiger charge is 2.25. The van der Waals surface area contributed by atoms with E-state index in [1.54, 1.807) is 0 Å². The Morgan fingerprint density at radius 2 is 1.79 bits per heavy atom. The Morgan fingerprint density at radius 1 is 1.21 bits per heavy atom. The van der Waals surface area contributed by atoms with Crippen LogP contribution in [0.5, 0.6) is 0 Å². The van der Waals surface area contributed by atoms with Crippen molar-refractivity contribution >= 4 is 0 Å². The van der Waals surface area contributed by atoms with Gasteiger partial charge in [-0.3, -0.25) is 0 Å². The Morgan fingerprint density at radius 3 is 2.26 bits per heavy atom. The molecule has 2 unspecified atom stereocenters. The lowest BCUT2D eigenvalue weighted by atomic mass is 9.92. The van der Waals surface area contributed by atoms with Gasteiger partial charge < -0.3 is 10.2 Å². The molecule has 0 aliphatic heterocycles. The molecule has 1 rings (SSSR count). The van der Waals surface area contributed by atoms with Crippen molar-refractivity contribution < 1.29 is 0 Å². The van der Waals surface area contributed by atoms with E-state index in [2.05, 4.69) is 82.3 Å². The molecule has 0 fully saturated rings. The monoisotopic (exact) mass is 262 g/mol. The molecule has 0 aliphatic rings. The summed E-state index contributed by atoms with van der Waals surface area (Å²) < 4.78 is 0. The second kappa shape index (κ2) is 7.06. The minimum absolute atomic E-state index is 0.267. The van der Waals surface area contributed by atoms with E-state index < -0.39 is 0 Å². The van der Waals surface area contributed by atoms with E-state index in [1.807, 2.05) is 0 Å². The Kier molecular flexibility index (Phi) is 6.02. The molecule has 19 heavy (non-hydrogen) atoms. The summed E-state index contributed by atoms with van der Waals surface area (Å²) in [5, 5.41) is 3.47. The topological polar surface area (TPSA) is 15.3 Å². The first-order chi connectivity index (χ1) is 8.92. The predicted octanol–water partition coefficient (Wildman–Crippen LogP) is 3.70. The van der Waals surface area contributed by atoms with Gasteiger partial charge in [0.25, 0.3) is 0 Å². The van der Waals surface area contributed by atoms with Gasteiger partial charge >= 0.3 is 0 Å². The summed E-state index contributed by atoms with van der Waals surface area (Å²) >= 11 is 0. The number of benzene rings is 1. The molecule has 0 aromatic heterocycles. The fourth-order valence-corrected chi connectivity index (χ4v) is 2.49. The van der Waals surface area contributed by atoms with E-state index in [0.29, 0.717) is 12.0 Å². The molecule has 0 aliphatic carbocycles. The van der Waals surface area contributed by atoms with Gasteiger partial charge in [-0.05, 0) is 45.8 Å². The van der Waals surface area contributed by atoms with Crippen LogP contribution in [0.4, 0.5) is 0 Å². The van der Waals surface area contributed by atoms with Crippen LogP contribution < -0.4 is 5.32 Å². The van der Waals surface area contributed by atoms with Gasteiger partial charge in [0.15, 0.2) is 0 Å². The summed E-state index contributed by atoms with van der Waals surface area (Å²) in [7, 11) is 4.29. The number of hydrogen-bond donors (Lipinski definition) is 1. The zero-order valence-electron chi connectivity index (χ0n) is 13.4. The largest absolute Gasteiger partial charge is 0.313 e. The van der Waals surface area contributed by atoms with Crippen molar-refractivity contribution in [3.63, 3.8) is 0 Å². The maximum atomic E-state index is 3.47. The van der Waals surface area contributed by atoms with Gasteiger partial charge in [0.2, 0.25) is 0 Å². The van der Waals surface area contributed by atoms with Crippen molar-refractivity contribution in [3.8, 4) is 0 Å². The van der Waals surface area contributed by atoms with E-state index in [9.17, 15) is 0 Å². The van der Waals surface area contributed by atoms with Crippen LogP contribution in [-0.2, 0) is 0 Å². The van der Waals surface area contributed by atoms with E-state index >= 15 is 0 Å². The lowest BCUT2D eigenvalue weighted by Gasteiger charge is -2.38. The molecule has 0 bridgehead atoms. The molecule has 108 valence electrons. The smallest absolute Gasteiger partial charge is 0.0355 e. The average Bonchev–Trinajstić information content (AvgIpc) is 2.40. The van der Waals surface area contributed by atoms with Crippen LogP contribution in [0.25, 0.3) is 0 Å². The van der Waals surface area contributed by atoms with E-state index in [1.165, 1.54) is 12.0 Å². The molecule has 1 aromatic carbocycles. The molecule has 2 heteroatoms. The maximum absolute atomic E-state index is 3.47. The zero-order chi connectivity index (χ0) is 14.5. The fraction of sp³-hybridized carbons (Fsp3) is 0.647. The highest BCUT2D eigenvalue weighted by Crippen LogP contribution is 2.25. The van der Waals surface area contributed by atoms with Crippen molar-refractivity contribution in [1.29, 1.82) is 0 Å². The molecule has 0 amide bonds. The third kappa shape index (κ3) is 4.32. The van der Waals surface area contributed by atoms with Crippen molar-refractivity contribution in [3.05, 3.63) is 35.9 Å². The standard InChI is InChI=1S/C17H30N2/c1-7-17(3,4)19(6)13-14(2)16(18-5)15-11-9-8-10-12-15/h8-12,14,16,18H,7,13H2,1-6H3. The summed E-state index contributed by atoms with van der Waals surface area (Å²) in [5.41, 5.74) is 1.64. The van der Waals surface area contributed by atoms with Gasteiger partial charge in [-0.25, -0.2) is 0 Å². The molecule has 2 atom stereocenters. The minimum atomic E-state index is 0.267. The van der Waals surface area contributed by atoms with Gasteiger partial charge in [0.1, 0.15) is 0 Å². The maximum Gasteiger partial charge on any atom is 0.0355 e. The third-order valence-corrected chi connectivity index (χ3v) is 4.50. The highest BCUT2D eigenvalue weighted by atomic mass is 15.2. The lowest BCUT2D eigenvalue weighted by molar-refractivity contribution is 0.121. The number of nitrogens with one attached hydrogen (secondary N) is 1. The van der Waals surface area contributed by atoms with Gasteiger partial charge in [-0.2, -0.15) is 0 Å². The van der Waals surface area contributed by atoms with Gasteiger partial charge in [-0.15, -0.1) is 0 Å². The Labute approximate surface area is 119 Å². The third-order valence-electron chi connectivity index (χ3n) is 4.50. The number of rotatable bonds is 7. The molecular formula is C17H30N2. The molecule has 0 saturated carbocycles. The normalized spacial score (nSPS) is 15.5. The first kappa shape index (κ1) is 16.2. The molecule has 0 spiro atoms. The summed E-state index contributed by atoms with van der Waals surface area (Å²) in [6, 6.07) is 11.1. The molecular weight excluding hydrogens is 232 g/mol. The van der Waals surface area contributed by atoms with Crippen molar-refractivity contribution in [2.75, 3.05) is 20.6 Å². The summed E-state index contributed by atoms with van der Waals surface area (Å²) in [5.74, 6) is 0.572. The van der Waals surface area contributed by atoms with Crippen LogP contribution in [0.1, 0.15) is 45.7 Å². The van der Waals surface area contributed by atoms with E-state index in [-0.39, 0.29) is 5.54 Å². The van der Waals surface area contributed by atoms with Gasteiger partial charge in [0.05, 0.1) is 0 Å². The second-order valence-electron chi connectivity index (χ2n) is 6.20. The molecule has 0 heterocycles. The molecule has 0 radical (unpaired) electrons. The summed E-state index contributed by atoms with van der Waals surface area (Å²) in [4.78, 5) is 2.48. The quantitative estimate of drug-likeness (QED) is 0.806. The Hall–Kier alpha value is -0.860. The molecule has 2 nitrogen and oxygen atoms in total. The Bertz CT molecular complexity index is 359. The second-order valence-corrected chi connectivity index (χ2v) is 6.20. The predicted molar refractivity (Wildman–Crippen MR) is 84.4 cm³/mol. The van der Waals surface area contributed by atoms with E-state index in [0.717, 1.165) is 6.54 Å². The molecule has 1 N–H and O–H groups in total. The van der Waals surface area contributed by atoms with Crippen LogP contribution in [0.2, 0.25) is 0 Å². The van der Waals surface area contributed by atoms with Crippen LogP contribution in [0, 0.1) is 5.92 Å². The number of hydrogen-bond acceptors (Lipinski definition) is 2. The zero-order valence-corrected chi connectivity index (χ0v) is 13.4. The summed E-state index contributed by atoms with van der Waals surface area (Å²) in [6.45, 7) is 10.3. The average molecular weight is 262 g/mol. The van der Waals surface area contributed by atoms with Crippen molar-refractivity contribution in [2.24, 2.45) is 5.92 Å². The molecule has 0 saturated heterocycles. The number of nitrogens with zero attached hydrogens (tertiary/aromatic N) is 1. The van der Waals surface area contributed by atoms with Crippen molar-refractivity contribution in [1.82, 2.24) is 10.2 Å². The van der Waals surface area contributed by atoms with Crippen LogP contribution in [0.3, 0.4) is 0 Å². The van der Waals surface area contributed by atoms with Gasteiger partial charge in [0, 0.05) is 18.1 Å². The molecule has 1 aromatic rings. The highest BCUT2D eigenvalue weighted by molar-refractivity contribution is 5.19.